The summed E-state index contributed by atoms with van der Waals surface area (Å²) in [6.45, 7) is 7.29. The van der Waals surface area contributed by atoms with Gasteiger partial charge < -0.3 is 34.4 Å². The lowest BCUT2D eigenvalue weighted by atomic mass is 9.93. The van der Waals surface area contributed by atoms with Crippen LogP contribution >= 0.6 is 7.82 Å². The van der Waals surface area contributed by atoms with Gasteiger partial charge in [0.15, 0.2) is 6.10 Å². The summed E-state index contributed by atoms with van der Waals surface area (Å²) >= 11 is 0. The van der Waals surface area contributed by atoms with Crippen molar-refractivity contribution >= 4 is 25.7 Å². The van der Waals surface area contributed by atoms with E-state index in [4.69, 9.17) is 20.2 Å². The number of hydrogen-bond acceptors (Lipinski definition) is 10. The molecule has 12 nitrogen and oxygen atoms in total. The molecule has 1 heterocycles. The number of esters is 2. The first-order valence-electron chi connectivity index (χ1n) is 26.5. The van der Waals surface area contributed by atoms with E-state index >= 15 is 0 Å². The van der Waals surface area contributed by atoms with E-state index in [9.17, 15) is 28.9 Å². The number of rotatable bonds is 44. The highest BCUT2D eigenvalue weighted by atomic mass is 31.2. The van der Waals surface area contributed by atoms with Crippen molar-refractivity contribution < 1.29 is 52.6 Å². The van der Waals surface area contributed by atoms with Crippen LogP contribution < -0.4 is 5.32 Å². The summed E-state index contributed by atoms with van der Waals surface area (Å²) in [6, 6.07) is -1.04. The Kier molecular flexibility index (Phi) is 36.2. The van der Waals surface area contributed by atoms with E-state index < -0.39 is 68.7 Å². The summed E-state index contributed by atoms with van der Waals surface area (Å²) in [4.78, 5) is 53.9. The van der Waals surface area contributed by atoms with Crippen LogP contribution in [0.15, 0.2) is 0 Å². The van der Waals surface area contributed by atoms with Gasteiger partial charge in [0.05, 0.1) is 31.1 Å². The third kappa shape index (κ3) is 33.5. The Labute approximate surface area is 386 Å². The van der Waals surface area contributed by atoms with Gasteiger partial charge in [0.25, 0.3) is 0 Å². The molecule has 63 heavy (non-hydrogen) atoms. The molecule has 1 aliphatic heterocycles. The first kappa shape index (κ1) is 57.6. The fraction of sp³-hybridized carbons (Fsp3) is 0.940. The molecule has 13 heteroatoms. The summed E-state index contributed by atoms with van der Waals surface area (Å²) in [5.41, 5.74) is 0. The summed E-state index contributed by atoms with van der Waals surface area (Å²) < 4.78 is 42.7. The van der Waals surface area contributed by atoms with Gasteiger partial charge in [0.2, 0.25) is 7.34 Å². The van der Waals surface area contributed by atoms with Crippen molar-refractivity contribution in [3.8, 4) is 0 Å². The molecule has 0 aromatic heterocycles. The zero-order chi connectivity index (χ0) is 47.1. The maximum atomic E-state index is 14.3. The number of nitrogens with one attached hydrogen (secondary N) is 1. The molecule has 0 spiro atoms. The molecule has 372 valence electrons. The lowest BCUT2D eigenvalue weighted by Gasteiger charge is -2.42. The SMILES string of the molecule is [2H]OP(=O)(O)O[C@H]1[C@H](OC(=O)C(CCCCCCCCCCCC)CCCCCCCCCCCCCC)[C@@H](NC(=O)C[C@H](O)CCCCCCCCCCC)CO[C@@H]1COC(C)=O. The Balaban J connectivity index is 3.06. The molecule has 4 N–H and O–H groups in total. The number of ether oxygens (including phenoxy) is 3. The number of hydrogen-bond donors (Lipinski definition) is 4. The molecular weight excluding hydrogens is 822 g/mol. The van der Waals surface area contributed by atoms with Gasteiger partial charge in [-0.3, -0.25) is 18.9 Å². The molecule has 1 amide bonds. The largest absolute Gasteiger partial charge is 0.470 e. The highest BCUT2D eigenvalue weighted by molar-refractivity contribution is 7.46. The number of carbonyl (C=O) groups excluding carboxylic acids is 3. The smallest absolute Gasteiger partial charge is 0.463 e. The normalized spacial score (nSPS) is 19.8. The number of phosphoric acid groups is 1. The molecule has 1 saturated heterocycles. The maximum absolute atomic E-state index is 14.3. The standard InChI is InChI=1S/C50H96NO11P/c1-5-8-11-14-17-20-22-23-26-28-31-34-37-43(36-33-30-27-25-21-18-15-12-9-6-2)50(55)61-48-45(40-60-46(41-59-42(4)52)49(48)62-63(56,57)58)51-47(54)39-44(53)38-35-32-29-24-19-16-13-10-7-3/h43-46,48-49,53H,5-41H2,1-4H3,(H,51,54)(H2,56,57,58)/t43?,44-,45+,46-,48-,49-/m1/s1/i/hD. The summed E-state index contributed by atoms with van der Waals surface area (Å²) in [5, 5.41) is 13.6. The van der Waals surface area contributed by atoms with E-state index in [-0.39, 0.29) is 13.0 Å². The number of amides is 1. The van der Waals surface area contributed by atoms with Crippen molar-refractivity contribution in [2.45, 2.75) is 283 Å². The second-order valence-corrected chi connectivity index (χ2v) is 19.8. The molecule has 1 aliphatic rings. The molecule has 0 bridgehead atoms. The Morgan fingerprint density at radius 2 is 1.05 bits per heavy atom. The third-order valence-electron chi connectivity index (χ3n) is 12.6. The monoisotopic (exact) mass is 919 g/mol. The molecule has 0 aliphatic carbocycles. The van der Waals surface area contributed by atoms with Gasteiger partial charge in [-0.1, -0.05) is 220 Å². The lowest BCUT2D eigenvalue weighted by Crippen LogP contribution is -2.62. The van der Waals surface area contributed by atoms with Gasteiger partial charge in [-0.25, -0.2) is 4.57 Å². The highest BCUT2D eigenvalue weighted by Crippen LogP contribution is 2.42. The first-order chi connectivity index (χ1) is 31.0. The van der Waals surface area contributed by atoms with Crippen LogP contribution in [0, 0.1) is 5.92 Å². The molecular formula is C50H96NO11P. The molecule has 0 radical (unpaired) electrons. The number of aliphatic hydroxyl groups is 1. The van der Waals surface area contributed by atoms with Crippen molar-refractivity contribution in [3.63, 3.8) is 0 Å². The molecule has 0 aromatic rings. The van der Waals surface area contributed by atoms with Gasteiger partial charge in [0.1, 0.15) is 18.8 Å². The second kappa shape index (κ2) is 39.6. The van der Waals surface area contributed by atoms with Crippen LogP contribution in [0.1, 0.15) is 252 Å². The van der Waals surface area contributed by atoms with Crippen LogP contribution in [0.4, 0.5) is 0 Å². The molecule has 1 fully saturated rings. The van der Waals surface area contributed by atoms with Crippen LogP contribution in [0.5, 0.6) is 0 Å². The van der Waals surface area contributed by atoms with E-state index in [1.54, 1.807) is 0 Å². The average Bonchev–Trinajstić information content (AvgIpc) is 3.26. The van der Waals surface area contributed by atoms with Gasteiger partial charge in [-0.05, 0) is 19.3 Å². The summed E-state index contributed by atoms with van der Waals surface area (Å²) in [5.74, 6) is -2.09. The molecule has 2 unspecified atom stereocenters. The van der Waals surface area contributed by atoms with E-state index in [1.807, 2.05) is 0 Å². The van der Waals surface area contributed by atoms with Crippen LogP contribution in [-0.2, 0) is 37.7 Å². The molecule has 0 saturated carbocycles. The van der Waals surface area contributed by atoms with Crippen molar-refractivity contribution in [1.82, 2.24) is 5.32 Å². The number of phosphoric ester groups is 1. The van der Waals surface area contributed by atoms with Gasteiger partial charge in [-0.15, -0.1) is 0 Å². The second-order valence-electron chi connectivity index (χ2n) is 18.6. The number of unbranched alkanes of at least 4 members (excludes halogenated alkanes) is 28. The Morgan fingerprint density at radius 3 is 1.44 bits per heavy atom. The predicted octanol–water partition coefficient (Wildman–Crippen LogP) is 12.5. The lowest BCUT2D eigenvalue weighted by molar-refractivity contribution is -0.195. The number of aliphatic hydroxyl groups excluding tert-OH is 1. The first-order valence-corrected chi connectivity index (χ1v) is 27.6. The number of carbonyl (C=O) groups is 3. The fourth-order valence-electron chi connectivity index (χ4n) is 8.75. The fourth-order valence-corrected chi connectivity index (χ4v) is 9.31. The van der Waals surface area contributed by atoms with Crippen LogP contribution in [0.3, 0.4) is 0 Å². The van der Waals surface area contributed by atoms with Gasteiger partial charge in [-0.2, -0.15) is 0 Å². The van der Waals surface area contributed by atoms with Gasteiger partial charge >= 0.3 is 19.8 Å². The highest BCUT2D eigenvalue weighted by Gasteiger charge is 2.48. The minimum atomic E-state index is -5.02. The zero-order valence-electron chi connectivity index (χ0n) is 41.6. The average molecular weight is 919 g/mol. The minimum absolute atomic E-state index is 0.189. The van der Waals surface area contributed by atoms with Crippen molar-refractivity contribution in [3.05, 3.63) is 0 Å². The molecule has 1 rings (SSSR count). The van der Waals surface area contributed by atoms with Crippen molar-refractivity contribution in [2.75, 3.05) is 13.2 Å². The van der Waals surface area contributed by atoms with Crippen LogP contribution in [-0.4, -0.2) is 77.8 Å². The van der Waals surface area contributed by atoms with Crippen LogP contribution in [0.25, 0.3) is 0 Å². The van der Waals surface area contributed by atoms with E-state index in [0.717, 1.165) is 64.2 Å². The summed E-state index contributed by atoms with van der Waals surface area (Å²) in [7, 11) is -5.02. The topological polar surface area (TPSA) is 178 Å². The zero-order valence-corrected chi connectivity index (χ0v) is 41.5. The third-order valence-corrected chi connectivity index (χ3v) is 13.1. The Hall–Kier alpha value is -1.56. The molecule has 0 aromatic carbocycles. The van der Waals surface area contributed by atoms with Gasteiger partial charge in [0, 0.05) is 6.92 Å². The van der Waals surface area contributed by atoms with E-state index in [1.165, 1.54) is 142 Å². The van der Waals surface area contributed by atoms with E-state index in [0.29, 0.717) is 19.3 Å². The summed E-state index contributed by atoms with van der Waals surface area (Å²) in [6.07, 6.45) is 32.9. The van der Waals surface area contributed by atoms with E-state index in [2.05, 4.69) is 31.0 Å². The molecule has 7 atom stereocenters. The van der Waals surface area contributed by atoms with Crippen molar-refractivity contribution in [2.24, 2.45) is 5.92 Å². The van der Waals surface area contributed by atoms with Crippen LogP contribution in [0.2, 0.25) is 0 Å². The quantitative estimate of drug-likeness (QED) is 0.0260. The minimum Gasteiger partial charge on any atom is -0.463 e. The predicted molar refractivity (Wildman–Crippen MR) is 253 cm³/mol. The Bertz CT molecular complexity index is 1200. The maximum Gasteiger partial charge on any atom is 0.470 e. The van der Waals surface area contributed by atoms with Crippen molar-refractivity contribution in [1.29, 1.82) is 1.43 Å². The Morgan fingerprint density at radius 1 is 0.651 bits per heavy atom.